The van der Waals surface area contributed by atoms with Gasteiger partial charge in [0.2, 0.25) is 5.76 Å². The van der Waals surface area contributed by atoms with Gasteiger partial charge in [0.1, 0.15) is 0 Å². The van der Waals surface area contributed by atoms with Crippen LogP contribution in [0.3, 0.4) is 0 Å². The van der Waals surface area contributed by atoms with Crippen LogP contribution in [0.2, 0.25) is 0 Å². The number of thiazole rings is 1. The maximum Gasteiger partial charge on any atom is 0.371 e. The summed E-state index contributed by atoms with van der Waals surface area (Å²) in [5.41, 5.74) is 1.00. The van der Waals surface area contributed by atoms with Crippen molar-refractivity contribution in [2.24, 2.45) is 0 Å². The summed E-state index contributed by atoms with van der Waals surface area (Å²) in [5.74, 6) is 0.0581. The van der Waals surface area contributed by atoms with Crippen molar-refractivity contribution in [1.29, 1.82) is 0 Å². The van der Waals surface area contributed by atoms with Crippen molar-refractivity contribution in [3.63, 3.8) is 0 Å². The van der Waals surface area contributed by atoms with Gasteiger partial charge in [0.15, 0.2) is 5.09 Å². The normalized spacial score (nSPS) is 11.1. The van der Waals surface area contributed by atoms with Crippen LogP contribution in [-0.2, 0) is 5.75 Å². The number of nitrogens with zero attached hydrogens (tertiary/aromatic N) is 1. The second-order valence-electron chi connectivity index (χ2n) is 4.04. The molecule has 0 aliphatic carbocycles. The van der Waals surface area contributed by atoms with Crippen molar-refractivity contribution in [2.45, 2.75) is 30.6 Å². The molecule has 1 N–H and O–H groups in total. The van der Waals surface area contributed by atoms with E-state index in [-0.39, 0.29) is 5.76 Å². The lowest BCUT2D eigenvalue weighted by Crippen LogP contribution is -1.91. The van der Waals surface area contributed by atoms with E-state index in [0.717, 1.165) is 10.7 Å². The number of rotatable bonds is 5. The highest BCUT2D eigenvalue weighted by atomic mass is 32.2. The van der Waals surface area contributed by atoms with E-state index in [1.807, 2.05) is 5.38 Å². The second kappa shape index (κ2) is 5.58. The fraction of sp³-hybridized carbons (Fsp3) is 0.333. The summed E-state index contributed by atoms with van der Waals surface area (Å²) in [6.07, 6.45) is 0. The van der Waals surface area contributed by atoms with Gasteiger partial charge >= 0.3 is 5.97 Å². The number of hydrogen-bond donors (Lipinski definition) is 1. The highest BCUT2D eigenvalue weighted by Crippen LogP contribution is 2.27. The molecule has 0 spiro atoms. The first-order valence-corrected chi connectivity index (χ1v) is 7.33. The fourth-order valence-electron chi connectivity index (χ4n) is 1.31. The van der Waals surface area contributed by atoms with Gasteiger partial charge in [0.05, 0.1) is 10.7 Å². The molecular weight excluding hydrogens is 270 g/mol. The van der Waals surface area contributed by atoms with Gasteiger partial charge in [-0.15, -0.1) is 11.3 Å². The van der Waals surface area contributed by atoms with Gasteiger partial charge < -0.3 is 9.52 Å². The van der Waals surface area contributed by atoms with Gasteiger partial charge in [-0.05, 0) is 12.1 Å². The molecule has 0 amide bonds. The van der Waals surface area contributed by atoms with Crippen LogP contribution in [0.5, 0.6) is 0 Å². The maximum atomic E-state index is 10.7. The molecule has 2 aromatic rings. The Bertz CT molecular complexity index is 545. The third-order valence-corrected chi connectivity index (χ3v) is 4.36. The molecule has 0 atom stereocenters. The van der Waals surface area contributed by atoms with Crippen LogP contribution >= 0.6 is 23.1 Å². The quantitative estimate of drug-likeness (QED) is 0.844. The molecule has 4 nitrogen and oxygen atoms in total. The first-order chi connectivity index (χ1) is 8.56. The standard InChI is InChI=1S/C12H13NO3S2/c1-7(2)11-13-8(6-18-11)5-17-10-4-3-9(16-10)12(14)15/h3-4,6-7H,5H2,1-2H3,(H,14,15). The highest BCUT2D eigenvalue weighted by molar-refractivity contribution is 7.98. The Morgan fingerprint density at radius 2 is 2.33 bits per heavy atom. The van der Waals surface area contributed by atoms with E-state index in [9.17, 15) is 4.79 Å². The van der Waals surface area contributed by atoms with Gasteiger partial charge in [-0.1, -0.05) is 25.6 Å². The van der Waals surface area contributed by atoms with E-state index >= 15 is 0 Å². The smallest absolute Gasteiger partial charge is 0.371 e. The number of aromatic nitrogens is 1. The Balaban J connectivity index is 1.95. The van der Waals surface area contributed by atoms with E-state index in [0.29, 0.717) is 16.8 Å². The lowest BCUT2D eigenvalue weighted by atomic mass is 10.2. The minimum Gasteiger partial charge on any atom is -0.475 e. The lowest BCUT2D eigenvalue weighted by molar-refractivity contribution is 0.0656. The van der Waals surface area contributed by atoms with Crippen LogP contribution < -0.4 is 0 Å². The Hall–Kier alpha value is -1.27. The zero-order valence-corrected chi connectivity index (χ0v) is 11.7. The van der Waals surface area contributed by atoms with Crippen LogP contribution in [0.1, 0.15) is 41.0 Å². The number of carboxylic acid groups (broad SMARTS) is 1. The molecule has 0 bridgehead atoms. The average Bonchev–Trinajstić information content (AvgIpc) is 2.95. The average molecular weight is 283 g/mol. The molecule has 6 heteroatoms. The predicted octanol–water partition coefficient (Wildman–Crippen LogP) is 3.85. The van der Waals surface area contributed by atoms with E-state index in [4.69, 9.17) is 9.52 Å². The minimum atomic E-state index is -1.04. The van der Waals surface area contributed by atoms with Gasteiger partial charge in [0.25, 0.3) is 0 Å². The maximum absolute atomic E-state index is 10.7. The fourth-order valence-corrected chi connectivity index (χ4v) is 3.00. The summed E-state index contributed by atoms with van der Waals surface area (Å²) in [6, 6.07) is 3.13. The van der Waals surface area contributed by atoms with Crippen LogP contribution in [0.4, 0.5) is 0 Å². The molecule has 0 aromatic carbocycles. The molecule has 0 aliphatic rings. The van der Waals surface area contributed by atoms with E-state index in [1.165, 1.54) is 17.8 Å². The molecule has 96 valence electrons. The Morgan fingerprint density at radius 3 is 2.89 bits per heavy atom. The van der Waals surface area contributed by atoms with Crippen molar-refractivity contribution in [2.75, 3.05) is 0 Å². The second-order valence-corrected chi connectivity index (χ2v) is 5.91. The largest absolute Gasteiger partial charge is 0.475 e. The topological polar surface area (TPSA) is 63.3 Å². The molecule has 0 aliphatic heterocycles. The van der Waals surface area contributed by atoms with Crippen molar-refractivity contribution >= 4 is 29.1 Å². The third-order valence-electron chi connectivity index (χ3n) is 2.22. The molecule has 18 heavy (non-hydrogen) atoms. The number of carboxylic acids is 1. The predicted molar refractivity (Wildman–Crippen MR) is 71.4 cm³/mol. The summed E-state index contributed by atoms with van der Waals surface area (Å²) in [4.78, 5) is 15.2. The third kappa shape index (κ3) is 3.14. The molecule has 0 radical (unpaired) electrons. The molecular formula is C12H13NO3S2. The Kier molecular flexibility index (Phi) is 4.08. The van der Waals surface area contributed by atoms with Crippen molar-refractivity contribution < 1.29 is 14.3 Å². The van der Waals surface area contributed by atoms with Crippen molar-refractivity contribution in [3.8, 4) is 0 Å². The molecule has 0 saturated carbocycles. The first kappa shape index (κ1) is 13.2. The number of hydrogen-bond acceptors (Lipinski definition) is 5. The van der Waals surface area contributed by atoms with Gasteiger partial charge in [0, 0.05) is 17.1 Å². The summed E-state index contributed by atoms with van der Waals surface area (Å²) in [6.45, 7) is 4.23. The zero-order chi connectivity index (χ0) is 13.1. The number of aromatic carboxylic acids is 1. The highest BCUT2D eigenvalue weighted by Gasteiger charge is 2.10. The van der Waals surface area contributed by atoms with Crippen LogP contribution in [0, 0.1) is 0 Å². The molecule has 2 rings (SSSR count). The SMILES string of the molecule is CC(C)c1nc(CSc2ccc(C(=O)O)o2)cs1. The van der Waals surface area contributed by atoms with Crippen molar-refractivity contribution in [1.82, 2.24) is 4.98 Å². The summed E-state index contributed by atoms with van der Waals surface area (Å²) < 4.78 is 5.16. The monoisotopic (exact) mass is 283 g/mol. The molecule has 0 saturated heterocycles. The molecule has 2 aromatic heterocycles. The van der Waals surface area contributed by atoms with Gasteiger partial charge in [-0.3, -0.25) is 0 Å². The number of furan rings is 1. The van der Waals surface area contributed by atoms with Crippen LogP contribution in [0.25, 0.3) is 0 Å². The van der Waals surface area contributed by atoms with Crippen LogP contribution in [0.15, 0.2) is 27.0 Å². The molecule has 0 fully saturated rings. The van der Waals surface area contributed by atoms with E-state index < -0.39 is 5.97 Å². The van der Waals surface area contributed by atoms with Gasteiger partial charge in [-0.25, -0.2) is 9.78 Å². The Morgan fingerprint density at radius 1 is 1.56 bits per heavy atom. The summed E-state index contributed by atoms with van der Waals surface area (Å²) in [7, 11) is 0. The van der Waals surface area contributed by atoms with E-state index in [1.54, 1.807) is 17.4 Å². The lowest BCUT2D eigenvalue weighted by Gasteiger charge is -1.97. The minimum absolute atomic E-state index is 0.0290. The zero-order valence-electron chi connectivity index (χ0n) is 10.0. The number of carbonyl (C=O) groups is 1. The molecule has 0 unspecified atom stereocenters. The van der Waals surface area contributed by atoms with Gasteiger partial charge in [-0.2, -0.15) is 0 Å². The first-order valence-electron chi connectivity index (χ1n) is 5.46. The van der Waals surface area contributed by atoms with Crippen molar-refractivity contribution in [3.05, 3.63) is 34.0 Å². The molecule has 2 heterocycles. The number of thioether (sulfide) groups is 1. The Labute approximate surface area is 113 Å². The van der Waals surface area contributed by atoms with E-state index in [2.05, 4.69) is 18.8 Å². The van der Waals surface area contributed by atoms with Crippen LogP contribution in [-0.4, -0.2) is 16.1 Å². The summed E-state index contributed by atoms with van der Waals surface area (Å²) >= 11 is 3.10. The summed E-state index contributed by atoms with van der Waals surface area (Å²) in [5, 5.41) is 12.5.